The summed E-state index contributed by atoms with van der Waals surface area (Å²) in [6.07, 6.45) is -2.78. The molecule has 194 valence electrons. The molecular formula is C26H25F3N4O3S. The van der Waals surface area contributed by atoms with Crippen LogP contribution in [0.4, 0.5) is 13.2 Å². The van der Waals surface area contributed by atoms with E-state index in [0.29, 0.717) is 12.3 Å². The van der Waals surface area contributed by atoms with E-state index in [1.165, 1.54) is 0 Å². The first-order valence-corrected chi connectivity index (χ1v) is 12.7. The summed E-state index contributed by atoms with van der Waals surface area (Å²) in [7, 11) is 0. The van der Waals surface area contributed by atoms with Gasteiger partial charge < -0.3 is 19.8 Å². The van der Waals surface area contributed by atoms with Crippen LogP contribution in [0.5, 0.6) is 5.75 Å². The molecule has 5 rings (SSSR count). The molecule has 0 bridgehead atoms. The van der Waals surface area contributed by atoms with E-state index >= 15 is 0 Å². The van der Waals surface area contributed by atoms with Crippen LogP contribution in [0.2, 0.25) is 0 Å². The quantitative estimate of drug-likeness (QED) is 0.337. The maximum atomic E-state index is 12.4. The van der Waals surface area contributed by atoms with Crippen molar-refractivity contribution < 1.29 is 27.4 Å². The number of nitrogens with zero attached hydrogens (tertiary/aromatic N) is 2. The Morgan fingerprint density at radius 2 is 1.89 bits per heavy atom. The Kier molecular flexibility index (Phi) is 7.45. The minimum absolute atomic E-state index is 0.210. The number of benzene rings is 1. The number of rotatable bonds is 8. The summed E-state index contributed by atoms with van der Waals surface area (Å²) >= 11 is 1.09. The number of hydrogen-bond acceptors (Lipinski definition) is 6. The Morgan fingerprint density at radius 3 is 2.65 bits per heavy atom. The van der Waals surface area contributed by atoms with E-state index in [9.17, 15) is 18.0 Å². The molecule has 1 aliphatic heterocycles. The Hall–Kier alpha value is -3.41. The van der Waals surface area contributed by atoms with E-state index in [1.54, 1.807) is 17.6 Å². The van der Waals surface area contributed by atoms with Crippen LogP contribution in [0.1, 0.15) is 9.67 Å². The van der Waals surface area contributed by atoms with Crippen LogP contribution >= 0.6 is 11.3 Å². The van der Waals surface area contributed by atoms with E-state index in [1.807, 2.05) is 41.7 Å². The van der Waals surface area contributed by atoms with E-state index < -0.39 is 18.6 Å². The standard InChI is InChI=1S/C26H25F3N4O3S/c27-26(28,29)16-31-25(34)23-13-20(15-37-23)19-11-18-12-22(32-24(18)30-14-19)17-1-3-21(4-2-17)36-10-7-33-5-8-35-9-6-33/h1-4,11-15H,5-10,16H2,(H,30,32)(H,31,34). The normalized spacial score (nSPS) is 14.7. The van der Waals surface area contributed by atoms with Crippen molar-refractivity contribution in [3.8, 4) is 28.1 Å². The zero-order valence-corrected chi connectivity index (χ0v) is 20.6. The van der Waals surface area contributed by atoms with Gasteiger partial charge in [-0.05, 0) is 59.0 Å². The minimum atomic E-state index is -4.45. The number of ether oxygens (including phenoxy) is 2. The van der Waals surface area contributed by atoms with Crippen LogP contribution < -0.4 is 10.1 Å². The number of amides is 1. The molecule has 0 aliphatic carbocycles. The molecule has 1 aromatic carbocycles. The van der Waals surface area contributed by atoms with Crippen molar-refractivity contribution in [2.45, 2.75) is 6.18 Å². The number of hydrogen-bond donors (Lipinski definition) is 2. The number of nitrogens with one attached hydrogen (secondary N) is 2. The van der Waals surface area contributed by atoms with Crippen molar-refractivity contribution in [1.82, 2.24) is 20.2 Å². The fourth-order valence-corrected chi connectivity index (χ4v) is 4.88. The van der Waals surface area contributed by atoms with Crippen molar-refractivity contribution in [3.63, 3.8) is 0 Å². The summed E-state index contributed by atoms with van der Waals surface area (Å²) in [4.78, 5) is 22.4. The third kappa shape index (κ3) is 6.48. The number of aromatic amines is 1. The monoisotopic (exact) mass is 530 g/mol. The molecule has 4 heterocycles. The molecule has 37 heavy (non-hydrogen) atoms. The van der Waals surface area contributed by atoms with E-state index in [-0.39, 0.29) is 4.88 Å². The Labute approximate surface area is 215 Å². The van der Waals surface area contributed by atoms with Crippen LogP contribution in [0.25, 0.3) is 33.4 Å². The third-order valence-corrected chi connectivity index (χ3v) is 6.95. The van der Waals surface area contributed by atoms with Gasteiger partial charge in [-0.2, -0.15) is 13.2 Å². The second kappa shape index (κ2) is 10.9. The molecule has 0 spiro atoms. The highest BCUT2D eigenvalue weighted by Crippen LogP contribution is 2.30. The summed E-state index contributed by atoms with van der Waals surface area (Å²) < 4.78 is 48.4. The smallest absolute Gasteiger partial charge is 0.405 e. The van der Waals surface area contributed by atoms with Gasteiger partial charge in [-0.3, -0.25) is 9.69 Å². The molecule has 0 saturated carbocycles. The lowest BCUT2D eigenvalue weighted by molar-refractivity contribution is -0.123. The molecule has 4 aromatic rings. The first-order valence-electron chi connectivity index (χ1n) is 11.8. The second-order valence-corrected chi connectivity index (χ2v) is 9.58. The number of aromatic nitrogens is 2. The minimum Gasteiger partial charge on any atom is -0.492 e. The summed E-state index contributed by atoms with van der Waals surface area (Å²) in [5.41, 5.74) is 4.09. The third-order valence-electron chi connectivity index (χ3n) is 6.02. The molecule has 0 radical (unpaired) electrons. The highest BCUT2D eigenvalue weighted by Gasteiger charge is 2.28. The van der Waals surface area contributed by atoms with Gasteiger partial charge in [0.25, 0.3) is 5.91 Å². The molecule has 1 saturated heterocycles. The molecule has 1 amide bonds. The number of halogens is 3. The predicted molar refractivity (Wildman–Crippen MR) is 136 cm³/mol. The first-order chi connectivity index (χ1) is 17.8. The van der Waals surface area contributed by atoms with Gasteiger partial charge in [0, 0.05) is 42.5 Å². The second-order valence-electron chi connectivity index (χ2n) is 8.67. The van der Waals surface area contributed by atoms with Crippen LogP contribution in [-0.2, 0) is 4.74 Å². The number of morpholine rings is 1. The molecule has 7 nitrogen and oxygen atoms in total. The summed E-state index contributed by atoms with van der Waals surface area (Å²) in [5.74, 6) is 0.0566. The van der Waals surface area contributed by atoms with Crippen LogP contribution in [0.15, 0.2) is 54.0 Å². The van der Waals surface area contributed by atoms with Gasteiger partial charge in [0.2, 0.25) is 0 Å². The Morgan fingerprint density at radius 1 is 1.11 bits per heavy atom. The van der Waals surface area contributed by atoms with Crippen molar-refractivity contribution >= 4 is 28.3 Å². The van der Waals surface area contributed by atoms with Crippen LogP contribution in [0, 0.1) is 0 Å². The van der Waals surface area contributed by atoms with Gasteiger partial charge in [0.05, 0.1) is 18.1 Å². The van der Waals surface area contributed by atoms with Gasteiger partial charge in [-0.25, -0.2) is 4.98 Å². The fraction of sp³-hybridized carbons (Fsp3) is 0.308. The number of thiophene rings is 1. The average molecular weight is 531 g/mol. The molecular weight excluding hydrogens is 505 g/mol. The number of carbonyl (C=O) groups is 1. The summed E-state index contributed by atoms with van der Waals surface area (Å²) in [6.45, 7) is 3.53. The van der Waals surface area contributed by atoms with Crippen molar-refractivity contribution in [3.05, 3.63) is 58.9 Å². The van der Waals surface area contributed by atoms with Crippen molar-refractivity contribution in [2.75, 3.05) is 46.0 Å². The maximum absolute atomic E-state index is 12.4. The lowest BCUT2D eigenvalue weighted by atomic mass is 10.1. The van der Waals surface area contributed by atoms with Gasteiger partial charge in [-0.15, -0.1) is 11.3 Å². The van der Waals surface area contributed by atoms with Gasteiger partial charge in [0.1, 0.15) is 24.5 Å². The number of H-pyrrole nitrogens is 1. The Balaban J connectivity index is 1.23. The zero-order valence-electron chi connectivity index (χ0n) is 19.8. The number of carbonyl (C=O) groups excluding carboxylic acids is 1. The largest absolute Gasteiger partial charge is 0.492 e. The number of alkyl halides is 3. The Bertz CT molecular complexity index is 1360. The molecule has 1 fully saturated rings. The van der Waals surface area contributed by atoms with E-state index in [2.05, 4.69) is 14.9 Å². The van der Waals surface area contributed by atoms with Gasteiger partial charge in [-0.1, -0.05) is 0 Å². The molecule has 0 atom stereocenters. The van der Waals surface area contributed by atoms with Crippen LogP contribution in [-0.4, -0.2) is 73.0 Å². The molecule has 11 heteroatoms. The summed E-state index contributed by atoms with van der Waals surface area (Å²) in [6, 6.07) is 13.4. The highest BCUT2D eigenvalue weighted by atomic mass is 32.1. The molecule has 1 aliphatic rings. The number of fused-ring (bicyclic) bond motifs is 1. The molecule has 2 N–H and O–H groups in total. The van der Waals surface area contributed by atoms with E-state index in [0.717, 1.165) is 77.7 Å². The molecule has 0 unspecified atom stereocenters. The zero-order chi connectivity index (χ0) is 25.8. The maximum Gasteiger partial charge on any atom is 0.405 e. The van der Waals surface area contributed by atoms with Crippen LogP contribution in [0.3, 0.4) is 0 Å². The number of pyridine rings is 1. The molecule has 3 aromatic heterocycles. The lowest BCUT2D eigenvalue weighted by Gasteiger charge is -2.26. The fourth-order valence-electron chi connectivity index (χ4n) is 4.05. The lowest BCUT2D eigenvalue weighted by Crippen LogP contribution is -2.38. The predicted octanol–water partition coefficient (Wildman–Crippen LogP) is 4.96. The summed E-state index contributed by atoms with van der Waals surface area (Å²) in [5, 5.41) is 4.51. The first kappa shape index (κ1) is 25.2. The van der Waals surface area contributed by atoms with Gasteiger partial charge >= 0.3 is 6.18 Å². The topological polar surface area (TPSA) is 79.5 Å². The van der Waals surface area contributed by atoms with Crippen molar-refractivity contribution in [1.29, 1.82) is 0 Å². The van der Waals surface area contributed by atoms with E-state index in [4.69, 9.17) is 9.47 Å². The SMILES string of the molecule is O=C(NCC(F)(F)F)c1cc(-c2cnc3[nH]c(-c4ccc(OCCN5CCOCC5)cc4)cc3c2)cs1. The van der Waals surface area contributed by atoms with Crippen molar-refractivity contribution in [2.24, 2.45) is 0 Å². The highest BCUT2D eigenvalue weighted by molar-refractivity contribution is 7.12. The average Bonchev–Trinajstić information content (AvgIpc) is 3.55. The van der Waals surface area contributed by atoms with Gasteiger partial charge in [0.15, 0.2) is 0 Å².